The van der Waals surface area contributed by atoms with Crippen LogP contribution in [0.4, 0.5) is 0 Å². The summed E-state index contributed by atoms with van der Waals surface area (Å²) in [5.41, 5.74) is 0.979. The number of hydrogen-bond donors (Lipinski definition) is 1. The van der Waals surface area contributed by atoms with E-state index in [1.165, 1.54) is 4.80 Å². The van der Waals surface area contributed by atoms with Crippen LogP contribution in [0.1, 0.15) is 6.42 Å². The maximum Gasteiger partial charge on any atom is 0.242 e. The molecule has 24 heavy (non-hydrogen) atoms. The predicted molar refractivity (Wildman–Crippen MR) is 90.1 cm³/mol. The van der Waals surface area contributed by atoms with Gasteiger partial charge in [-0.1, -0.05) is 6.07 Å². The Morgan fingerprint density at radius 2 is 2.21 bits per heavy atom. The van der Waals surface area contributed by atoms with Gasteiger partial charge in [-0.05, 0) is 31.0 Å². The van der Waals surface area contributed by atoms with Gasteiger partial charge in [0.25, 0.3) is 0 Å². The molecule has 0 radical (unpaired) electrons. The van der Waals surface area contributed by atoms with Crippen LogP contribution >= 0.6 is 0 Å². The molecule has 1 saturated heterocycles. The highest BCUT2D eigenvalue weighted by molar-refractivity contribution is 7.89. The molecule has 0 aliphatic carbocycles. The molecule has 1 aliphatic heterocycles. The Hall–Kier alpha value is -1.55. The van der Waals surface area contributed by atoms with Gasteiger partial charge in [0, 0.05) is 33.8 Å². The van der Waals surface area contributed by atoms with Crippen molar-refractivity contribution in [2.75, 3.05) is 39.9 Å². The van der Waals surface area contributed by atoms with Crippen molar-refractivity contribution in [2.45, 2.75) is 11.3 Å². The van der Waals surface area contributed by atoms with Crippen LogP contribution in [0.2, 0.25) is 0 Å². The van der Waals surface area contributed by atoms with Crippen molar-refractivity contribution in [1.29, 1.82) is 0 Å². The molecule has 0 spiro atoms. The van der Waals surface area contributed by atoms with Crippen molar-refractivity contribution in [3.8, 4) is 0 Å². The molecule has 132 valence electrons. The van der Waals surface area contributed by atoms with E-state index in [0.29, 0.717) is 30.1 Å². The van der Waals surface area contributed by atoms with Crippen LogP contribution in [0, 0.1) is 5.92 Å². The Labute approximate surface area is 141 Å². The lowest BCUT2D eigenvalue weighted by Crippen LogP contribution is -2.32. The van der Waals surface area contributed by atoms with Crippen LogP contribution in [-0.2, 0) is 21.8 Å². The maximum absolute atomic E-state index is 12.6. The van der Waals surface area contributed by atoms with Gasteiger partial charge in [0.2, 0.25) is 10.0 Å². The van der Waals surface area contributed by atoms with Crippen molar-refractivity contribution in [1.82, 2.24) is 24.6 Å². The first-order valence-electron chi connectivity index (χ1n) is 8.00. The first-order valence-corrected chi connectivity index (χ1v) is 9.49. The number of hydrogen-bond acceptors (Lipinski definition) is 6. The number of nitrogens with zero attached hydrogens (tertiary/aromatic N) is 4. The van der Waals surface area contributed by atoms with Gasteiger partial charge in [0.15, 0.2) is 0 Å². The van der Waals surface area contributed by atoms with E-state index >= 15 is 0 Å². The summed E-state index contributed by atoms with van der Waals surface area (Å²) in [4.78, 5) is 3.86. The van der Waals surface area contributed by atoms with Gasteiger partial charge >= 0.3 is 0 Å². The first kappa shape index (κ1) is 17.3. The van der Waals surface area contributed by atoms with Crippen LogP contribution in [0.3, 0.4) is 0 Å². The second-order valence-corrected chi connectivity index (χ2v) is 7.85. The van der Waals surface area contributed by atoms with Crippen LogP contribution in [-0.4, -0.2) is 68.2 Å². The molecular formula is C15H23N5O3S. The fourth-order valence-electron chi connectivity index (χ4n) is 3.04. The lowest BCUT2D eigenvalue weighted by Gasteiger charge is -2.15. The van der Waals surface area contributed by atoms with Crippen molar-refractivity contribution in [3.63, 3.8) is 0 Å². The highest BCUT2D eigenvalue weighted by atomic mass is 32.2. The number of fused-ring (bicyclic) bond motifs is 1. The van der Waals surface area contributed by atoms with E-state index in [4.69, 9.17) is 4.74 Å². The topological polar surface area (TPSA) is 89.4 Å². The third-order valence-electron chi connectivity index (χ3n) is 4.31. The highest BCUT2D eigenvalue weighted by Gasteiger charge is 2.25. The minimum Gasteiger partial charge on any atom is -0.383 e. The summed E-state index contributed by atoms with van der Waals surface area (Å²) in [5, 5.41) is 8.33. The second kappa shape index (κ2) is 7.14. The Bertz CT molecular complexity index is 805. The molecule has 1 N–H and O–H groups in total. The van der Waals surface area contributed by atoms with Crippen LogP contribution < -0.4 is 4.72 Å². The number of likely N-dealkylation sites (tertiary alicyclic amines) is 1. The van der Waals surface area contributed by atoms with Crippen LogP contribution in [0.25, 0.3) is 11.0 Å². The van der Waals surface area contributed by atoms with Gasteiger partial charge in [-0.3, -0.25) is 0 Å². The van der Waals surface area contributed by atoms with Crippen molar-refractivity contribution in [3.05, 3.63) is 18.2 Å². The Balaban J connectivity index is 1.66. The van der Waals surface area contributed by atoms with Crippen molar-refractivity contribution in [2.24, 2.45) is 13.0 Å². The minimum atomic E-state index is -3.60. The number of ether oxygens (including phenoxy) is 1. The van der Waals surface area contributed by atoms with E-state index in [1.807, 2.05) is 0 Å². The lowest BCUT2D eigenvalue weighted by atomic mass is 10.1. The normalized spacial score (nSPS) is 19.3. The standard InChI is InChI=1S/C15H23N5O3S/c1-19-17-13-4-3-5-14(15(13)18-19)24(21,22)16-10-12-6-7-20(11-12)8-9-23-2/h3-5,12,16H,6-11H2,1-2H3. The van der Waals surface area contributed by atoms with Crippen LogP contribution in [0.5, 0.6) is 0 Å². The van der Waals surface area contributed by atoms with Gasteiger partial charge in [0.1, 0.15) is 15.9 Å². The minimum absolute atomic E-state index is 0.183. The summed E-state index contributed by atoms with van der Waals surface area (Å²) in [6.07, 6.45) is 0.988. The monoisotopic (exact) mass is 353 g/mol. The van der Waals surface area contributed by atoms with Gasteiger partial charge in [0.05, 0.1) is 6.61 Å². The van der Waals surface area contributed by atoms with Crippen molar-refractivity contribution < 1.29 is 13.2 Å². The lowest BCUT2D eigenvalue weighted by molar-refractivity contribution is 0.159. The first-order chi connectivity index (χ1) is 11.5. The third kappa shape index (κ3) is 3.75. The molecular weight excluding hydrogens is 330 g/mol. The molecule has 3 rings (SSSR count). The van der Waals surface area contributed by atoms with E-state index in [-0.39, 0.29) is 4.90 Å². The number of nitrogens with one attached hydrogen (secondary N) is 1. The van der Waals surface area contributed by atoms with E-state index < -0.39 is 10.0 Å². The molecule has 9 heteroatoms. The molecule has 0 saturated carbocycles. The molecule has 1 aliphatic rings. The number of aryl methyl sites for hydroxylation is 1. The number of rotatable bonds is 7. The quantitative estimate of drug-likeness (QED) is 0.766. The number of sulfonamides is 1. The summed E-state index contributed by atoms with van der Waals surface area (Å²) < 4.78 is 33.1. The zero-order valence-corrected chi connectivity index (χ0v) is 14.8. The smallest absolute Gasteiger partial charge is 0.242 e. The fraction of sp³-hybridized carbons (Fsp3) is 0.600. The van der Waals surface area contributed by atoms with Gasteiger partial charge < -0.3 is 9.64 Å². The fourth-order valence-corrected chi connectivity index (χ4v) is 4.31. The maximum atomic E-state index is 12.6. The number of benzene rings is 1. The molecule has 0 bridgehead atoms. The van der Waals surface area contributed by atoms with E-state index in [1.54, 1.807) is 32.4 Å². The van der Waals surface area contributed by atoms with Gasteiger partial charge in [-0.15, -0.1) is 0 Å². The molecule has 8 nitrogen and oxygen atoms in total. The molecule has 1 aromatic carbocycles. The molecule has 1 unspecified atom stereocenters. The zero-order chi connectivity index (χ0) is 17.2. The summed E-state index contributed by atoms with van der Waals surface area (Å²) in [6.45, 7) is 3.89. The predicted octanol–water partition coefficient (Wildman–Crippen LogP) is 0.215. The highest BCUT2D eigenvalue weighted by Crippen LogP contribution is 2.20. The van der Waals surface area contributed by atoms with E-state index in [2.05, 4.69) is 19.8 Å². The SMILES string of the molecule is COCCN1CCC(CNS(=O)(=O)c2cccc3nn(C)nc23)C1. The van der Waals surface area contributed by atoms with Crippen molar-refractivity contribution >= 4 is 21.1 Å². The number of methoxy groups -OCH3 is 1. The summed E-state index contributed by atoms with van der Waals surface area (Å²) in [5.74, 6) is 0.317. The third-order valence-corrected chi connectivity index (χ3v) is 5.76. The Morgan fingerprint density at radius 3 is 3.00 bits per heavy atom. The molecule has 0 amide bonds. The zero-order valence-electron chi connectivity index (χ0n) is 14.0. The van der Waals surface area contributed by atoms with E-state index in [0.717, 1.165) is 26.1 Å². The average Bonchev–Trinajstić information content (AvgIpc) is 3.15. The molecule has 2 heterocycles. The molecule has 1 fully saturated rings. The molecule has 1 aromatic heterocycles. The molecule has 1 atom stereocenters. The molecule has 2 aromatic rings. The van der Waals surface area contributed by atoms with Gasteiger partial charge in [-0.25, -0.2) is 13.1 Å². The summed E-state index contributed by atoms with van der Waals surface area (Å²) in [7, 11) is -0.238. The second-order valence-electron chi connectivity index (χ2n) is 6.11. The average molecular weight is 353 g/mol. The summed E-state index contributed by atoms with van der Waals surface area (Å²) >= 11 is 0. The Morgan fingerprint density at radius 1 is 1.38 bits per heavy atom. The Kier molecular flexibility index (Phi) is 5.14. The van der Waals surface area contributed by atoms with Crippen LogP contribution in [0.15, 0.2) is 23.1 Å². The largest absolute Gasteiger partial charge is 0.383 e. The summed E-state index contributed by atoms with van der Waals surface area (Å²) in [6, 6.07) is 5.01. The number of aromatic nitrogens is 3. The van der Waals surface area contributed by atoms with E-state index in [9.17, 15) is 8.42 Å². The van der Waals surface area contributed by atoms with Gasteiger partial charge in [-0.2, -0.15) is 15.0 Å².